The van der Waals surface area contributed by atoms with Gasteiger partial charge < -0.3 is 28.4 Å². The van der Waals surface area contributed by atoms with Crippen molar-refractivity contribution >= 4 is 23.9 Å². The molecule has 7 rings (SSSR count). The summed E-state index contributed by atoms with van der Waals surface area (Å²) in [6.07, 6.45) is 42.3. The molecule has 0 saturated heterocycles. The summed E-state index contributed by atoms with van der Waals surface area (Å²) < 4.78 is 64.4. The number of nitrogens with zero attached hydrogens (tertiary/aromatic N) is 1. The summed E-state index contributed by atoms with van der Waals surface area (Å²) >= 11 is 0. The zero-order chi connectivity index (χ0) is 67.8. The van der Waals surface area contributed by atoms with Crippen LogP contribution in [0.15, 0.2) is 152 Å². The molecule has 7 aromatic carbocycles. The van der Waals surface area contributed by atoms with Crippen molar-refractivity contribution in [1.82, 2.24) is 0 Å². The van der Waals surface area contributed by atoms with E-state index in [4.69, 9.17) is 28.4 Å². The Labute approximate surface area is 569 Å². The van der Waals surface area contributed by atoms with Crippen LogP contribution >= 0.6 is 0 Å². The quantitative estimate of drug-likeness (QED) is 0.0204. The Hall–Kier alpha value is -8.63. The minimum atomic E-state index is -1.08. The minimum absolute atomic E-state index is 0.171. The Balaban J connectivity index is 0.777. The maximum Gasteiger partial charge on any atom is 0.343 e. The van der Waals surface area contributed by atoms with E-state index >= 15 is 8.78 Å². The van der Waals surface area contributed by atoms with E-state index < -0.39 is 47.0 Å². The second kappa shape index (κ2) is 43.4. The highest BCUT2D eigenvalue weighted by molar-refractivity contribution is 5.95. The van der Waals surface area contributed by atoms with Gasteiger partial charge >= 0.3 is 23.9 Å². The third kappa shape index (κ3) is 26.5. The van der Waals surface area contributed by atoms with Gasteiger partial charge in [-0.15, -0.1) is 0 Å². The summed E-state index contributed by atoms with van der Waals surface area (Å²) in [6.45, 7) is 5.87. The molecule has 0 aliphatic heterocycles. The van der Waals surface area contributed by atoms with Gasteiger partial charge in [-0.1, -0.05) is 261 Å². The van der Waals surface area contributed by atoms with E-state index in [1.165, 1.54) is 210 Å². The van der Waals surface area contributed by atoms with Crippen molar-refractivity contribution in [3.05, 3.63) is 191 Å². The predicted octanol–water partition coefficient (Wildman–Crippen LogP) is 23.3. The first kappa shape index (κ1) is 74.8. The molecule has 0 spiro atoms. The SMILES string of the molecule is CCCCCCCCCCCCCCCCCCOc1ccc(-c2ccc(C(=O)Oc3ccc(C(=O)Oc4cccc(OC(=O)c5ccc(OC(=O)c6ccc(-c7ccc(OCCCCCCCCCCCCCCCCCC)cc7)cc6)c(F)c5)c4C#N)cc3F)cc2)cc1. The summed E-state index contributed by atoms with van der Waals surface area (Å²) in [5.41, 5.74) is 2.97. The molecule has 510 valence electrons. The van der Waals surface area contributed by atoms with Gasteiger partial charge in [-0.25, -0.2) is 28.0 Å². The smallest absolute Gasteiger partial charge is 0.343 e. The van der Waals surface area contributed by atoms with Gasteiger partial charge in [0, 0.05) is 0 Å². The first-order chi connectivity index (χ1) is 47.0. The van der Waals surface area contributed by atoms with Gasteiger partial charge in [-0.05, 0) is 132 Å². The van der Waals surface area contributed by atoms with E-state index in [-0.39, 0.29) is 39.3 Å². The molecule has 0 heterocycles. The first-order valence-electron chi connectivity index (χ1n) is 35.7. The summed E-state index contributed by atoms with van der Waals surface area (Å²) in [4.78, 5) is 52.8. The molecule has 0 N–H and O–H groups in total. The van der Waals surface area contributed by atoms with Crippen LogP contribution in [-0.4, -0.2) is 37.1 Å². The van der Waals surface area contributed by atoms with Gasteiger partial charge in [0.1, 0.15) is 23.1 Å². The lowest BCUT2D eigenvalue weighted by Crippen LogP contribution is -2.14. The van der Waals surface area contributed by atoms with Gasteiger partial charge in [0.15, 0.2) is 34.6 Å². The van der Waals surface area contributed by atoms with Crippen molar-refractivity contribution in [2.24, 2.45) is 0 Å². The number of carbonyl (C=O) groups is 4. The number of esters is 4. The van der Waals surface area contributed by atoms with Crippen LogP contribution in [0, 0.1) is 23.0 Å². The number of unbranched alkanes of at least 4 members (excludes halogenated alkanes) is 30. The highest BCUT2D eigenvalue weighted by Crippen LogP contribution is 2.32. The number of nitriles is 1. The van der Waals surface area contributed by atoms with Gasteiger partial charge in [-0.2, -0.15) is 5.26 Å². The Morgan fingerprint density at radius 1 is 0.312 bits per heavy atom. The van der Waals surface area contributed by atoms with E-state index in [1.54, 1.807) is 48.5 Å². The molecule has 0 aliphatic carbocycles. The van der Waals surface area contributed by atoms with Crippen molar-refractivity contribution in [1.29, 1.82) is 5.26 Å². The van der Waals surface area contributed by atoms with Crippen molar-refractivity contribution in [2.75, 3.05) is 13.2 Å². The molecule has 96 heavy (non-hydrogen) atoms. The summed E-state index contributed by atoms with van der Waals surface area (Å²) in [7, 11) is 0. The van der Waals surface area contributed by atoms with Gasteiger partial charge in [0.05, 0.1) is 35.5 Å². The fraction of sp³-hybridized carbons (Fsp3) is 0.434. The highest BCUT2D eigenvalue weighted by Gasteiger charge is 2.22. The van der Waals surface area contributed by atoms with E-state index in [0.29, 0.717) is 13.2 Å². The Morgan fingerprint density at radius 2 is 0.562 bits per heavy atom. The highest BCUT2D eigenvalue weighted by atomic mass is 19.1. The van der Waals surface area contributed by atoms with Crippen LogP contribution < -0.4 is 28.4 Å². The van der Waals surface area contributed by atoms with Crippen molar-refractivity contribution in [3.8, 4) is 62.8 Å². The van der Waals surface area contributed by atoms with E-state index in [1.807, 2.05) is 54.6 Å². The number of ether oxygens (including phenoxy) is 6. The average Bonchev–Trinajstić information content (AvgIpc) is 0.956. The Morgan fingerprint density at radius 3 is 0.844 bits per heavy atom. The summed E-state index contributed by atoms with van der Waals surface area (Å²) in [6, 6.07) is 40.8. The monoisotopic (exact) mass is 1310 g/mol. The van der Waals surface area contributed by atoms with Gasteiger partial charge in [0.2, 0.25) is 0 Å². The van der Waals surface area contributed by atoms with Crippen LogP contribution in [0.1, 0.15) is 266 Å². The molecule has 11 nitrogen and oxygen atoms in total. The maximum atomic E-state index is 15.4. The second-order valence-electron chi connectivity index (χ2n) is 25.1. The normalized spacial score (nSPS) is 11.0. The molecule has 13 heteroatoms. The number of carbonyl (C=O) groups excluding carboxylic acids is 4. The number of halogens is 2. The van der Waals surface area contributed by atoms with Crippen molar-refractivity contribution in [2.45, 2.75) is 219 Å². The standard InChI is InChI=1S/C83H99F2NO10/c1-3-5-7-9-11-13-15-17-19-21-23-25-27-29-31-33-58-91-71-52-46-65(47-53-71)63-38-42-67(43-39-63)80(87)95-78-56-50-69(60-74(78)84)82(89)93-76-36-35-37-77(73(76)62-86)94-83(90)70-51-57-79(75(85)61-70)96-81(88)68-44-40-64(41-45-68)66-48-54-72(55-49-66)92-59-34-32-30-28-26-24-22-20-18-16-14-12-10-8-6-4-2/h35-57,60-61H,3-34,58-59H2,1-2H3. The van der Waals surface area contributed by atoms with Crippen LogP contribution in [0.3, 0.4) is 0 Å². The van der Waals surface area contributed by atoms with Gasteiger partial charge in [-0.3, -0.25) is 0 Å². The molecular weight excluding hydrogens is 1210 g/mol. The fourth-order valence-corrected chi connectivity index (χ4v) is 11.6. The lowest BCUT2D eigenvalue weighted by molar-refractivity contribution is 0.0716. The molecule has 0 unspecified atom stereocenters. The van der Waals surface area contributed by atoms with Crippen LogP contribution in [-0.2, 0) is 0 Å². The molecule has 0 atom stereocenters. The molecular formula is C83H99F2NO10. The fourth-order valence-electron chi connectivity index (χ4n) is 11.6. The van der Waals surface area contributed by atoms with Crippen LogP contribution in [0.2, 0.25) is 0 Å². The topological polar surface area (TPSA) is 147 Å². The third-order valence-electron chi connectivity index (χ3n) is 17.4. The molecule has 0 amide bonds. The maximum absolute atomic E-state index is 15.4. The van der Waals surface area contributed by atoms with Crippen LogP contribution in [0.25, 0.3) is 22.3 Å². The first-order valence-corrected chi connectivity index (χ1v) is 35.7. The predicted molar refractivity (Wildman–Crippen MR) is 378 cm³/mol. The zero-order valence-electron chi connectivity index (χ0n) is 56.8. The Kier molecular flexibility index (Phi) is 33.8. The molecule has 7 aromatic rings. The van der Waals surface area contributed by atoms with Gasteiger partial charge in [0.25, 0.3) is 0 Å². The van der Waals surface area contributed by atoms with Crippen molar-refractivity contribution in [3.63, 3.8) is 0 Å². The summed E-state index contributed by atoms with van der Waals surface area (Å²) in [5, 5.41) is 10.1. The number of hydrogen-bond acceptors (Lipinski definition) is 11. The largest absolute Gasteiger partial charge is 0.494 e. The molecule has 0 aromatic heterocycles. The minimum Gasteiger partial charge on any atom is -0.494 e. The average molecular weight is 1310 g/mol. The zero-order valence-corrected chi connectivity index (χ0v) is 56.8. The molecule has 0 radical (unpaired) electrons. The molecule has 0 aliphatic rings. The number of rotatable bonds is 46. The second-order valence-corrected chi connectivity index (χ2v) is 25.1. The number of benzene rings is 7. The lowest BCUT2D eigenvalue weighted by atomic mass is 10.0. The molecule has 0 fully saturated rings. The summed E-state index contributed by atoms with van der Waals surface area (Å²) in [5.74, 6) is -5.79. The number of hydrogen-bond donors (Lipinski definition) is 0. The van der Waals surface area contributed by atoms with E-state index in [2.05, 4.69) is 13.8 Å². The molecule has 0 bridgehead atoms. The lowest BCUT2D eigenvalue weighted by Gasteiger charge is -2.12. The van der Waals surface area contributed by atoms with Crippen LogP contribution in [0.4, 0.5) is 8.78 Å². The van der Waals surface area contributed by atoms with E-state index in [9.17, 15) is 24.4 Å². The molecule has 0 saturated carbocycles. The van der Waals surface area contributed by atoms with Crippen molar-refractivity contribution < 1.29 is 56.4 Å². The Bertz CT molecular complexity index is 3270. The third-order valence-corrected chi connectivity index (χ3v) is 17.4. The van der Waals surface area contributed by atoms with E-state index in [0.717, 1.165) is 83.7 Å². The van der Waals surface area contributed by atoms with Crippen LogP contribution in [0.5, 0.6) is 34.5 Å².